The molecule has 8 nitrogen and oxygen atoms in total. The second-order valence-corrected chi connectivity index (χ2v) is 6.28. The fraction of sp³-hybridized carbons (Fsp3) is 0.0909. The average molecular weight is 400 g/mol. The van der Waals surface area contributed by atoms with Crippen molar-refractivity contribution in [1.82, 2.24) is 20.8 Å². The Balaban J connectivity index is 1.62. The molecule has 2 heterocycles. The molecule has 0 aliphatic rings. The predicted molar refractivity (Wildman–Crippen MR) is 114 cm³/mol. The topological polar surface area (TPSA) is 109 Å². The van der Waals surface area contributed by atoms with Crippen molar-refractivity contribution in [3.63, 3.8) is 0 Å². The van der Waals surface area contributed by atoms with E-state index in [4.69, 9.17) is 0 Å². The van der Waals surface area contributed by atoms with E-state index in [0.717, 1.165) is 11.1 Å². The maximum Gasteiger partial charge on any atom is 0.289 e. The molecule has 8 heteroatoms. The van der Waals surface area contributed by atoms with Crippen LogP contribution >= 0.6 is 0 Å². The molecule has 0 aliphatic heterocycles. The lowest BCUT2D eigenvalue weighted by Crippen LogP contribution is -2.20. The Morgan fingerprint density at radius 1 is 0.667 bits per heavy atom. The van der Waals surface area contributed by atoms with Crippen LogP contribution in [0.15, 0.2) is 83.3 Å². The zero-order valence-electron chi connectivity index (χ0n) is 16.5. The highest BCUT2D eigenvalue weighted by Crippen LogP contribution is 2.07. The van der Waals surface area contributed by atoms with Gasteiger partial charge < -0.3 is 0 Å². The zero-order chi connectivity index (χ0) is 21.3. The maximum absolute atomic E-state index is 12.0. The number of nitrogens with one attached hydrogen (secondary N) is 2. The van der Waals surface area contributed by atoms with Crippen molar-refractivity contribution in [2.45, 2.75) is 13.8 Å². The van der Waals surface area contributed by atoms with Gasteiger partial charge in [-0.3, -0.25) is 19.6 Å². The highest BCUT2D eigenvalue weighted by molar-refractivity contribution is 6.03. The Kier molecular flexibility index (Phi) is 6.73. The molecule has 2 amide bonds. The summed E-state index contributed by atoms with van der Waals surface area (Å²) in [6, 6.07) is 17.6. The van der Waals surface area contributed by atoms with Crippen molar-refractivity contribution in [2.75, 3.05) is 0 Å². The van der Waals surface area contributed by atoms with Gasteiger partial charge in [0.15, 0.2) is 0 Å². The summed E-state index contributed by atoms with van der Waals surface area (Å²) in [4.78, 5) is 32.0. The number of aromatic nitrogens is 2. The van der Waals surface area contributed by atoms with Gasteiger partial charge in [-0.05, 0) is 49.2 Å². The molecule has 1 aromatic carbocycles. The van der Waals surface area contributed by atoms with Gasteiger partial charge >= 0.3 is 0 Å². The fourth-order valence-corrected chi connectivity index (χ4v) is 2.46. The van der Waals surface area contributed by atoms with E-state index < -0.39 is 0 Å². The Morgan fingerprint density at radius 3 is 1.40 bits per heavy atom. The van der Waals surface area contributed by atoms with Crippen LogP contribution in [0.2, 0.25) is 0 Å². The highest BCUT2D eigenvalue weighted by Gasteiger charge is 2.07. The van der Waals surface area contributed by atoms with E-state index in [1.807, 2.05) is 24.3 Å². The van der Waals surface area contributed by atoms with Crippen LogP contribution in [0.1, 0.15) is 46.0 Å². The third-order valence-corrected chi connectivity index (χ3v) is 4.17. The Labute approximate surface area is 173 Å². The molecular formula is C22H20N6O2. The van der Waals surface area contributed by atoms with Crippen LogP contribution in [-0.2, 0) is 0 Å². The van der Waals surface area contributed by atoms with Crippen LogP contribution in [0.25, 0.3) is 0 Å². The predicted octanol–water partition coefficient (Wildman–Crippen LogP) is 2.78. The lowest BCUT2D eigenvalue weighted by atomic mass is 10.1. The number of nitrogens with zero attached hydrogens (tertiary/aromatic N) is 4. The number of hydrogen-bond acceptors (Lipinski definition) is 6. The van der Waals surface area contributed by atoms with Crippen LogP contribution in [0.5, 0.6) is 0 Å². The molecule has 0 radical (unpaired) electrons. The first-order valence-electron chi connectivity index (χ1n) is 9.17. The van der Waals surface area contributed by atoms with Crippen molar-refractivity contribution in [3.05, 3.63) is 95.6 Å². The third kappa shape index (κ3) is 5.41. The van der Waals surface area contributed by atoms with Crippen LogP contribution in [0, 0.1) is 0 Å². The molecule has 0 spiro atoms. The summed E-state index contributed by atoms with van der Waals surface area (Å²) in [6.07, 6.45) is 3.10. The molecule has 0 bridgehead atoms. The quantitative estimate of drug-likeness (QED) is 0.490. The van der Waals surface area contributed by atoms with Crippen LogP contribution in [0.3, 0.4) is 0 Å². The molecule has 30 heavy (non-hydrogen) atoms. The molecule has 3 rings (SSSR count). The number of rotatable bonds is 6. The van der Waals surface area contributed by atoms with Gasteiger partial charge in [0.05, 0.1) is 11.4 Å². The second-order valence-electron chi connectivity index (χ2n) is 6.28. The van der Waals surface area contributed by atoms with Gasteiger partial charge in [-0.15, -0.1) is 0 Å². The van der Waals surface area contributed by atoms with E-state index in [1.165, 1.54) is 0 Å². The van der Waals surface area contributed by atoms with E-state index in [9.17, 15) is 9.59 Å². The van der Waals surface area contributed by atoms with Crippen molar-refractivity contribution in [2.24, 2.45) is 10.2 Å². The van der Waals surface area contributed by atoms with Gasteiger partial charge in [-0.25, -0.2) is 10.9 Å². The lowest BCUT2D eigenvalue weighted by molar-refractivity contribution is 0.0942. The van der Waals surface area contributed by atoms with Gasteiger partial charge in [0.1, 0.15) is 11.4 Å². The van der Waals surface area contributed by atoms with E-state index in [0.29, 0.717) is 22.8 Å². The third-order valence-electron chi connectivity index (χ3n) is 4.17. The number of benzene rings is 1. The number of hydrazone groups is 2. The van der Waals surface area contributed by atoms with Gasteiger partial charge in [-0.1, -0.05) is 36.4 Å². The lowest BCUT2D eigenvalue weighted by Gasteiger charge is -2.05. The number of pyridine rings is 2. The first-order chi connectivity index (χ1) is 14.5. The number of carbonyl (C=O) groups excluding carboxylic acids is 2. The zero-order valence-corrected chi connectivity index (χ0v) is 16.5. The first kappa shape index (κ1) is 20.5. The summed E-state index contributed by atoms with van der Waals surface area (Å²) in [6.45, 7) is 3.59. The van der Waals surface area contributed by atoms with E-state index in [2.05, 4.69) is 31.0 Å². The van der Waals surface area contributed by atoms with E-state index >= 15 is 0 Å². The normalized spacial score (nSPS) is 11.7. The minimum Gasteiger partial charge on any atom is -0.266 e. The molecule has 0 saturated heterocycles. The van der Waals surface area contributed by atoms with Gasteiger partial charge in [0.25, 0.3) is 11.8 Å². The Bertz CT molecular complexity index is 989. The summed E-state index contributed by atoms with van der Waals surface area (Å²) in [5.74, 6) is -0.753. The van der Waals surface area contributed by atoms with Crippen molar-refractivity contribution < 1.29 is 9.59 Å². The molecule has 2 aromatic heterocycles. The van der Waals surface area contributed by atoms with Crippen molar-refractivity contribution in [3.8, 4) is 0 Å². The van der Waals surface area contributed by atoms with E-state index in [1.54, 1.807) is 62.6 Å². The number of carbonyl (C=O) groups is 2. The standard InChI is InChI=1S/C22H20N6O2/c1-15(25-27-21(29)19-7-3-5-13-23-19)17-9-11-18(12-10-17)16(2)26-28-22(30)20-8-4-6-14-24-20/h3-14H,1-2H3,(H,27,29)(H,28,30)/b25-15+,26-16+. The summed E-state index contributed by atoms with van der Waals surface area (Å²) < 4.78 is 0. The van der Waals surface area contributed by atoms with Gasteiger partial charge in [0, 0.05) is 12.4 Å². The van der Waals surface area contributed by atoms with Crippen molar-refractivity contribution >= 4 is 23.2 Å². The maximum atomic E-state index is 12.0. The summed E-state index contributed by atoms with van der Waals surface area (Å²) in [5, 5.41) is 8.24. The summed E-state index contributed by atoms with van der Waals surface area (Å²) in [5.41, 5.74) is 8.54. The fourth-order valence-electron chi connectivity index (χ4n) is 2.46. The first-order valence-corrected chi connectivity index (χ1v) is 9.17. The largest absolute Gasteiger partial charge is 0.289 e. The minimum absolute atomic E-state index is 0.295. The van der Waals surface area contributed by atoms with Crippen LogP contribution < -0.4 is 10.9 Å². The SMILES string of the molecule is C/C(=N\NC(=O)c1ccccn1)c1ccc(/C(C)=N/NC(=O)c2ccccn2)cc1. The molecule has 0 saturated carbocycles. The molecule has 0 aliphatic carbocycles. The Hall–Kier alpha value is -4.20. The van der Waals surface area contributed by atoms with Gasteiger partial charge in [-0.2, -0.15) is 10.2 Å². The van der Waals surface area contributed by atoms with Gasteiger partial charge in [0.2, 0.25) is 0 Å². The molecule has 2 N–H and O–H groups in total. The smallest absolute Gasteiger partial charge is 0.266 e. The monoisotopic (exact) mass is 400 g/mol. The summed E-state index contributed by atoms with van der Waals surface area (Å²) >= 11 is 0. The minimum atomic E-state index is -0.377. The Morgan fingerprint density at radius 2 is 1.07 bits per heavy atom. The second kappa shape index (κ2) is 9.83. The molecular weight excluding hydrogens is 380 g/mol. The molecule has 150 valence electrons. The molecule has 3 aromatic rings. The molecule has 0 fully saturated rings. The molecule has 0 unspecified atom stereocenters. The molecule has 0 atom stereocenters. The average Bonchev–Trinajstić information content (AvgIpc) is 2.81. The van der Waals surface area contributed by atoms with Crippen LogP contribution in [-0.4, -0.2) is 33.2 Å². The number of amides is 2. The van der Waals surface area contributed by atoms with Crippen LogP contribution in [0.4, 0.5) is 0 Å². The summed E-state index contributed by atoms with van der Waals surface area (Å²) in [7, 11) is 0. The van der Waals surface area contributed by atoms with E-state index in [-0.39, 0.29) is 11.8 Å². The van der Waals surface area contributed by atoms with Crippen molar-refractivity contribution in [1.29, 1.82) is 0 Å². The highest BCUT2D eigenvalue weighted by atomic mass is 16.2. The number of hydrogen-bond donors (Lipinski definition) is 2.